The second kappa shape index (κ2) is 8.85. The standard InChI is InChI=1S/C23H25N3O5S/c1-16-14-17(20-4-2-3-5-21(20)25-16)15-31-18-6-8-19(9-7-18)32(29,30)26-23(22(27)28)10-12-24-13-11-23/h2-9,14,24,26H,10-13,15H2,1H3,(H,27,28). The monoisotopic (exact) mass is 455 g/mol. The molecule has 3 N–H and O–H groups in total. The summed E-state index contributed by atoms with van der Waals surface area (Å²) in [5.41, 5.74) is 1.27. The molecule has 2 aromatic carbocycles. The number of carboxylic acids is 1. The van der Waals surface area contributed by atoms with E-state index in [1.165, 1.54) is 12.1 Å². The number of carboxylic acid groups (broad SMARTS) is 1. The van der Waals surface area contributed by atoms with Gasteiger partial charge in [0.15, 0.2) is 0 Å². The van der Waals surface area contributed by atoms with E-state index >= 15 is 0 Å². The van der Waals surface area contributed by atoms with E-state index in [0.717, 1.165) is 22.2 Å². The van der Waals surface area contributed by atoms with Crippen LogP contribution in [0.4, 0.5) is 0 Å². The fourth-order valence-corrected chi connectivity index (χ4v) is 5.34. The highest BCUT2D eigenvalue weighted by molar-refractivity contribution is 7.89. The number of ether oxygens (including phenoxy) is 1. The lowest BCUT2D eigenvalue weighted by Gasteiger charge is -2.33. The van der Waals surface area contributed by atoms with Gasteiger partial charge in [0, 0.05) is 16.6 Å². The molecule has 4 rings (SSSR count). The molecule has 3 aromatic rings. The van der Waals surface area contributed by atoms with E-state index in [9.17, 15) is 18.3 Å². The Hall–Kier alpha value is -3.01. The normalized spacial score (nSPS) is 16.0. The van der Waals surface area contributed by atoms with Gasteiger partial charge >= 0.3 is 5.97 Å². The molecule has 9 heteroatoms. The van der Waals surface area contributed by atoms with E-state index in [4.69, 9.17) is 4.74 Å². The number of para-hydroxylation sites is 1. The lowest BCUT2D eigenvalue weighted by molar-refractivity contribution is -0.145. The Morgan fingerprint density at radius 2 is 1.84 bits per heavy atom. The van der Waals surface area contributed by atoms with Crippen LogP contribution in [0.25, 0.3) is 10.9 Å². The molecule has 2 heterocycles. The van der Waals surface area contributed by atoms with Crippen LogP contribution in [0.3, 0.4) is 0 Å². The van der Waals surface area contributed by atoms with Crippen LogP contribution in [0.5, 0.6) is 5.75 Å². The van der Waals surface area contributed by atoms with Gasteiger partial charge in [0.25, 0.3) is 0 Å². The third-order valence-electron chi connectivity index (χ3n) is 5.65. The predicted molar refractivity (Wildman–Crippen MR) is 120 cm³/mol. The number of pyridine rings is 1. The van der Waals surface area contributed by atoms with Gasteiger partial charge in [-0.15, -0.1) is 0 Å². The van der Waals surface area contributed by atoms with Crippen molar-refractivity contribution in [3.8, 4) is 5.75 Å². The molecule has 0 spiro atoms. The molecule has 0 atom stereocenters. The highest BCUT2D eigenvalue weighted by Crippen LogP contribution is 2.25. The maximum absolute atomic E-state index is 12.8. The number of rotatable bonds is 7. The molecule has 1 fully saturated rings. The van der Waals surface area contributed by atoms with Gasteiger partial charge in [-0.2, -0.15) is 4.72 Å². The van der Waals surface area contributed by atoms with Crippen molar-refractivity contribution in [1.82, 2.24) is 15.0 Å². The summed E-state index contributed by atoms with van der Waals surface area (Å²) in [4.78, 5) is 16.3. The van der Waals surface area contributed by atoms with Crippen molar-refractivity contribution in [2.24, 2.45) is 0 Å². The van der Waals surface area contributed by atoms with Crippen LogP contribution < -0.4 is 14.8 Å². The van der Waals surface area contributed by atoms with E-state index in [-0.39, 0.29) is 17.7 Å². The summed E-state index contributed by atoms with van der Waals surface area (Å²) in [7, 11) is -4.00. The maximum Gasteiger partial charge on any atom is 0.324 e. The predicted octanol–water partition coefficient (Wildman–Crippen LogP) is 2.61. The number of aliphatic carboxylic acids is 1. The molecule has 0 bridgehead atoms. The van der Waals surface area contributed by atoms with E-state index in [1.807, 2.05) is 37.3 Å². The fourth-order valence-electron chi connectivity index (χ4n) is 3.92. The average Bonchev–Trinajstić information content (AvgIpc) is 2.78. The van der Waals surface area contributed by atoms with Crippen LogP contribution in [0.2, 0.25) is 0 Å². The van der Waals surface area contributed by atoms with E-state index in [0.29, 0.717) is 25.4 Å². The summed E-state index contributed by atoms with van der Waals surface area (Å²) in [6.07, 6.45) is 0.365. The molecule has 168 valence electrons. The Morgan fingerprint density at radius 1 is 1.16 bits per heavy atom. The number of piperidine rings is 1. The van der Waals surface area contributed by atoms with Gasteiger partial charge in [0.2, 0.25) is 10.0 Å². The van der Waals surface area contributed by atoms with Crippen molar-refractivity contribution in [1.29, 1.82) is 0 Å². The second-order valence-corrected chi connectivity index (χ2v) is 9.63. The number of carbonyl (C=O) groups is 1. The highest BCUT2D eigenvalue weighted by Gasteiger charge is 2.43. The number of aromatic nitrogens is 1. The minimum atomic E-state index is -4.00. The Labute approximate surface area is 186 Å². The topological polar surface area (TPSA) is 118 Å². The number of fused-ring (bicyclic) bond motifs is 1. The summed E-state index contributed by atoms with van der Waals surface area (Å²) >= 11 is 0. The van der Waals surface area contributed by atoms with Crippen LogP contribution in [0, 0.1) is 6.92 Å². The number of hydrogen-bond donors (Lipinski definition) is 3. The summed E-state index contributed by atoms with van der Waals surface area (Å²) in [6, 6.07) is 15.8. The molecule has 32 heavy (non-hydrogen) atoms. The van der Waals surface area contributed by atoms with Crippen LogP contribution in [-0.2, 0) is 21.4 Å². The maximum atomic E-state index is 12.8. The molecular weight excluding hydrogens is 430 g/mol. The van der Waals surface area contributed by atoms with Crippen molar-refractivity contribution in [3.05, 3.63) is 65.9 Å². The van der Waals surface area contributed by atoms with Crippen LogP contribution in [0.1, 0.15) is 24.1 Å². The van der Waals surface area contributed by atoms with Crippen LogP contribution >= 0.6 is 0 Å². The number of hydrogen-bond acceptors (Lipinski definition) is 6. The lowest BCUT2D eigenvalue weighted by atomic mass is 9.90. The van der Waals surface area contributed by atoms with Gasteiger partial charge in [-0.25, -0.2) is 8.42 Å². The Kier molecular flexibility index (Phi) is 6.14. The van der Waals surface area contributed by atoms with Gasteiger partial charge in [-0.1, -0.05) is 18.2 Å². The second-order valence-electron chi connectivity index (χ2n) is 7.94. The largest absolute Gasteiger partial charge is 0.489 e. The lowest BCUT2D eigenvalue weighted by Crippen LogP contribution is -2.59. The van der Waals surface area contributed by atoms with Crippen molar-refractivity contribution >= 4 is 26.9 Å². The van der Waals surface area contributed by atoms with Crippen molar-refractivity contribution in [3.63, 3.8) is 0 Å². The SMILES string of the molecule is Cc1cc(COc2ccc(S(=O)(=O)NC3(C(=O)O)CCNCC3)cc2)c2ccccc2n1. The first-order chi connectivity index (χ1) is 15.3. The van der Waals surface area contributed by atoms with E-state index in [1.54, 1.807) is 12.1 Å². The Balaban J connectivity index is 1.49. The summed E-state index contributed by atoms with van der Waals surface area (Å²) in [6.45, 7) is 3.10. The van der Waals surface area contributed by atoms with Crippen molar-refractivity contribution in [2.45, 2.75) is 36.8 Å². The first-order valence-electron chi connectivity index (χ1n) is 10.4. The third-order valence-corrected chi connectivity index (χ3v) is 7.21. The number of nitrogens with zero attached hydrogens (tertiary/aromatic N) is 1. The molecule has 1 aromatic heterocycles. The molecule has 1 aliphatic heterocycles. The Bertz CT molecular complexity index is 1240. The molecule has 0 amide bonds. The fraction of sp³-hybridized carbons (Fsp3) is 0.304. The first-order valence-corrected chi connectivity index (χ1v) is 11.8. The Morgan fingerprint density at radius 3 is 2.53 bits per heavy atom. The van der Waals surface area contributed by atoms with Gasteiger partial charge in [-0.05, 0) is 69.3 Å². The number of aryl methyl sites for hydroxylation is 1. The number of benzene rings is 2. The summed E-state index contributed by atoms with van der Waals surface area (Å²) < 4.78 is 34.0. The van der Waals surface area contributed by atoms with E-state index < -0.39 is 21.5 Å². The van der Waals surface area contributed by atoms with Gasteiger partial charge in [0.05, 0.1) is 10.4 Å². The number of sulfonamides is 1. The molecule has 8 nitrogen and oxygen atoms in total. The van der Waals surface area contributed by atoms with Crippen LogP contribution in [0.15, 0.2) is 59.5 Å². The molecule has 0 aliphatic carbocycles. The zero-order valence-corrected chi connectivity index (χ0v) is 18.5. The summed E-state index contributed by atoms with van der Waals surface area (Å²) in [5, 5.41) is 13.7. The van der Waals surface area contributed by atoms with Gasteiger partial charge in [0.1, 0.15) is 17.9 Å². The van der Waals surface area contributed by atoms with Crippen molar-refractivity contribution < 1.29 is 23.1 Å². The molecule has 1 aliphatic rings. The first kappa shape index (κ1) is 22.2. The summed E-state index contributed by atoms with van der Waals surface area (Å²) in [5.74, 6) is -0.653. The van der Waals surface area contributed by atoms with Crippen LogP contribution in [-0.4, -0.2) is 43.1 Å². The third kappa shape index (κ3) is 4.59. The molecule has 0 unspecified atom stereocenters. The molecular formula is C23H25N3O5S. The quantitative estimate of drug-likeness (QED) is 0.501. The van der Waals surface area contributed by atoms with Gasteiger partial charge in [-0.3, -0.25) is 9.78 Å². The minimum Gasteiger partial charge on any atom is -0.489 e. The van der Waals surface area contributed by atoms with E-state index in [2.05, 4.69) is 15.0 Å². The van der Waals surface area contributed by atoms with Gasteiger partial charge < -0.3 is 15.2 Å². The molecule has 0 saturated carbocycles. The zero-order valence-electron chi connectivity index (χ0n) is 17.7. The highest BCUT2D eigenvalue weighted by atomic mass is 32.2. The van der Waals surface area contributed by atoms with Crippen molar-refractivity contribution in [2.75, 3.05) is 13.1 Å². The smallest absolute Gasteiger partial charge is 0.324 e. The minimum absolute atomic E-state index is 0.00536. The molecule has 0 radical (unpaired) electrons. The zero-order chi connectivity index (χ0) is 22.8. The average molecular weight is 456 g/mol. The molecule has 1 saturated heterocycles. The number of nitrogens with one attached hydrogen (secondary N) is 2.